The molecule has 0 radical (unpaired) electrons. The number of methoxy groups -OCH3 is 2. The van der Waals surface area contributed by atoms with Crippen molar-refractivity contribution in [3.8, 4) is 17.2 Å². The van der Waals surface area contributed by atoms with E-state index >= 15 is 0 Å². The molecule has 0 spiro atoms. The van der Waals surface area contributed by atoms with Crippen LogP contribution in [0.1, 0.15) is 45.9 Å². The van der Waals surface area contributed by atoms with E-state index in [1.807, 2.05) is 42.6 Å². The maximum atomic E-state index is 5.95. The molecule has 7 heteroatoms. The number of rotatable bonds is 6. The van der Waals surface area contributed by atoms with E-state index in [2.05, 4.69) is 66.7 Å². The van der Waals surface area contributed by atoms with Crippen LogP contribution in [0.5, 0.6) is 11.5 Å². The molecule has 1 saturated heterocycles. The van der Waals surface area contributed by atoms with Gasteiger partial charge in [-0.15, -0.1) is 0 Å². The third-order valence-corrected chi connectivity index (χ3v) is 7.45. The summed E-state index contributed by atoms with van der Waals surface area (Å²) in [6.07, 6.45) is 1.83. The van der Waals surface area contributed by atoms with Gasteiger partial charge in [-0.1, -0.05) is 18.2 Å². The summed E-state index contributed by atoms with van der Waals surface area (Å²) in [4.78, 5) is 6.86. The number of pyridine rings is 1. The normalized spacial score (nSPS) is 17.1. The minimum Gasteiger partial charge on any atom is -0.497 e. The summed E-state index contributed by atoms with van der Waals surface area (Å²) in [6, 6.07) is 20.4. The number of nitrogens with zero attached hydrogens (tertiary/aromatic N) is 3. The number of hydrogen-bond donors (Lipinski definition) is 1. The summed E-state index contributed by atoms with van der Waals surface area (Å²) in [5.74, 6) is 1.42. The molecule has 0 amide bonds. The average Bonchev–Trinajstić information content (AvgIpc) is 3.40. The van der Waals surface area contributed by atoms with E-state index in [0.717, 1.165) is 17.1 Å². The lowest BCUT2D eigenvalue weighted by Crippen LogP contribution is -2.30. The summed E-state index contributed by atoms with van der Waals surface area (Å²) >= 11 is 5.95. The van der Waals surface area contributed by atoms with Gasteiger partial charge >= 0.3 is 0 Å². The molecule has 2 atom stereocenters. The van der Waals surface area contributed by atoms with Crippen LogP contribution in [0.2, 0.25) is 0 Å². The van der Waals surface area contributed by atoms with Gasteiger partial charge in [-0.05, 0) is 93.0 Å². The Morgan fingerprint density at radius 3 is 2.41 bits per heavy atom. The second-order valence-corrected chi connectivity index (χ2v) is 9.87. The Labute approximate surface area is 223 Å². The molecule has 3 heterocycles. The van der Waals surface area contributed by atoms with Crippen molar-refractivity contribution < 1.29 is 9.47 Å². The number of aromatic nitrogens is 2. The standard InChI is InChI=1S/C30H32N4O2S/c1-18-10-11-19(2)26(15-18)33-20(3)16-23(21(33)4)29-28(24-9-7-8-14-31-24)32-30(37)34(29)25-13-12-22(35-5)17-27(25)36-6/h7-17,28-29H,1-6H3,(H,32,37). The molecule has 6 nitrogen and oxygen atoms in total. The largest absolute Gasteiger partial charge is 0.497 e. The maximum Gasteiger partial charge on any atom is 0.174 e. The van der Waals surface area contributed by atoms with Gasteiger partial charge in [0.1, 0.15) is 11.5 Å². The quantitative estimate of drug-likeness (QED) is 0.306. The van der Waals surface area contributed by atoms with Gasteiger partial charge in [0.05, 0.1) is 37.7 Å². The fourth-order valence-corrected chi connectivity index (χ4v) is 5.67. The van der Waals surface area contributed by atoms with Crippen LogP contribution in [0.25, 0.3) is 5.69 Å². The molecule has 0 saturated carbocycles. The number of anilines is 1. The van der Waals surface area contributed by atoms with Crippen LogP contribution in [0.4, 0.5) is 5.69 Å². The minimum absolute atomic E-state index is 0.144. The highest BCUT2D eigenvalue weighted by atomic mass is 32.1. The smallest absolute Gasteiger partial charge is 0.174 e. The summed E-state index contributed by atoms with van der Waals surface area (Å²) in [6.45, 7) is 8.63. The summed E-state index contributed by atoms with van der Waals surface area (Å²) in [5, 5.41) is 4.19. The average molecular weight is 513 g/mol. The van der Waals surface area contributed by atoms with Crippen LogP contribution in [0.3, 0.4) is 0 Å². The van der Waals surface area contributed by atoms with Crippen LogP contribution >= 0.6 is 12.2 Å². The molecular weight excluding hydrogens is 480 g/mol. The topological polar surface area (TPSA) is 51.5 Å². The number of thiocarbonyl (C=S) groups is 1. The van der Waals surface area contributed by atoms with Crippen molar-refractivity contribution in [2.45, 2.75) is 39.8 Å². The van der Waals surface area contributed by atoms with Crippen molar-refractivity contribution in [3.63, 3.8) is 0 Å². The summed E-state index contributed by atoms with van der Waals surface area (Å²) < 4.78 is 13.6. The second kappa shape index (κ2) is 9.90. The highest BCUT2D eigenvalue weighted by Gasteiger charge is 2.43. The number of nitrogens with one attached hydrogen (secondary N) is 1. The first-order valence-electron chi connectivity index (χ1n) is 12.3. The monoisotopic (exact) mass is 512 g/mol. The van der Waals surface area contributed by atoms with Crippen molar-refractivity contribution in [2.24, 2.45) is 0 Å². The second-order valence-electron chi connectivity index (χ2n) is 9.49. The lowest BCUT2D eigenvalue weighted by molar-refractivity contribution is 0.394. The fourth-order valence-electron chi connectivity index (χ4n) is 5.33. The zero-order chi connectivity index (χ0) is 26.3. The SMILES string of the molecule is COc1ccc(N2C(=S)NC(c3ccccn3)C2c2cc(C)n(-c3cc(C)ccc3C)c2C)c(OC)c1. The molecule has 5 rings (SSSR count). The highest BCUT2D eigenvalue weighted by Crippen LogP contribution is 2.47. The Balaban J connectivity index is 1.72. The molecule has 0 bridgehead atoms. The lowest BCUT2D eigenvalue weighted by Gasteiger charge is -2.29. The van der Waals surface area contributed by atoms with E-state index in [4.69, 9.17) is 26.7 Å². The van der Waals surface area contributed by atoms with E-state index < -0.39 is 0 Å². The minimum atomic E-state index is -0.145. The molecule has 37 heavy (non-hydrogen) atoms. The van der Waals surface area contributed by atoms with E-state index in [1.54, 1.807) is 14.2 Å². The van der Waals surface area contributed by atoms with Gasteiger partial charge in [-0.25, -0.2) is 0 Å². The third-order valence-electron chi connectivity index (χ3n) is 7.14. The van der Waals surface area contributed by atoms with E-state index in [0.29, 0.717) is 10.9 Å². The first-order valence-corrected chi connectivity index (χ1v) is 12.7. The molecule has 1 fully saturated rings. The van der Waals surface area contributed by atoms with Gasteiger partial charge < -0.3 is 24.3 Å². The van der Waals surface area contributed by atoms with Gasteiger partial charge in [-0.2, -0.15) is 0 Å². The molecule has 4 aromatic rings. The Bertz CT molecular complexity index is 1460. The Morgan fingerprint density at radius 2 is 1.70 bits per heavy atom. The van der Waals surface area contributed by atoms with Crippen LogP contribution in [0.15, 0.2) is 66.9 Å². The van der Waals surface area contributed by atoms with Crippen molar-refractivity contribution in [3.05, 3.63) is 101 Å². The van der Waals surface area contributed by atoms with Crippen LogP contribution < -0.4 is 19.7 Å². The summed E-state index contributed by atoms with van der Waals surface area (Å²) in [7, 11) is 3.32. The Hall–Kier alpha value is -3.84. The van der Waals surface area contributed by atoms with E-state index in [-0.39, 0.29) is 12.1 Å². The number of ether oxygens (including phenoxy) is 2. The first-order chi connectivity index (χ1) is 17.8. The predicted molar refractivity (Wildman–Crippen MR) is 152 cm³/mol. The molecule has 1 aliphatic rings. The van der Waals surface area contributed by atoms with E-state index in [1.165, 1.54) is 33.8 Å². The maximum absolute atomic E-state index is 5.95. The zero-order valence-electron chi connectivity index (χ0n) is 22.1. The molecular formula is C30H32N4O2S. The molecule has 1 aliphatic heterocycles. The molecule has 2 aromatic heterocycles. The van der Waals surface area contributed by atoms with Crippen LogP contribution in [0, 0.1) is 27.7 Å². The van der Waals surface area contributed by atoms with Crippen molar-refractivity contribution in [1.29, 1.82) is 0 Å². The van der Waals surface area contributed by atoms with Gasteiger partial charge in [0.25, 0.3) is 0 Å². The number of hydrogen-bond acceptors (Lipinski definition) is 4. The van der Waals surface area contributed by atoms with Crippen LogP contribution in [-0.2, 0) is 0 Å². The third kappa shape index (κ3) is 4.33. The first kappa shape index (κ1) is 24.8. The van der Waals surface area contributed by atoms with Gasteiger partial charge in [0.15, 0.2) is 5.11 Å². The molecule has 190 valence electrons. The molecule has 2 unspecified atom stereocenters. The zero-order valence-corrected chi connectivity index (χ0v) is 22.9. The van der Waals surface area contributed by atoms with Gasteiger partial charge in [0.2, 0.25) is 0 Å². The van der Waals surface area contributed by atoms with Gasteiger partial charge in [-0.3, -0.25) is 4.98 Å². The number of aryl methyl sites for hydroxylation is 3. The predicted octanol–water partition coefficient (Wildman–Crippen LogP) is 6.30. The lowest BCUT2D eigenvalue weighted by atomic mass is 9.96. The highest BCUT2D eigenvalue weighted by molar-refractivity contribution is 7.80. The van der Waals surface area contributed by atoms with Gasteiger partial charge in [0, 0.05) is 29.3 Å². The molecule has 0 aliphatic carbocycles. The van der Waals surface area contributed by atoms with Crippen LogP contribution in [-0.4, -0.2) is 28.9 Å². The summed E-state index contributed by atoms with van der Waals surface area (Å²) in [5.41, 5.74) is 8.98. The Kier molecular flexibility index (Phi) is 6.65. The van der Waals surface area contributed by atoms with Crippen molar-refractivity contribution >= 4 is 23.0 Å². The molecule has 1 N–H and O–H groups in total. The fraction of sp³-hybridized carbons (Fsp3) is 0.267. The Morgan fingerprint density at radius 1 is 0.892 bits per heavy atom. The van der Waals surface area contributed by atoms with E-state index in [9.17, 15) is 0 Å². The number of benzene rings is 2. The molecule has 2 aromatic carbocycles. The van der Waals surface area contributed by atoms with Crippen molar-refractivity contribution in [1.82, 2.24) is 14.9 Å². The van der Waals surface area contributed by atoms with Crippen molar-refractivity contribution in [2.75, 3.05) is 19.1 Å².